The lowest BCUT2D eigenvalue weighted by Gasteiger charge is -2.03. The second-order valence-electron chi connectivity index (χ2n) is 7.56. The van der Waals surface area contributed by atoms with Crippen LogP contribution >= 0.6 is 0 Å². The van der Waals surface area contributed by atoms with Crippen LogP contribution in [-0.4, -0.2) is 24.8 Å². The fourth-order valence-corrected chi connectivity index (χ4v) is 3.81. The van der Waals surface area contributed by atoms with E-state index in [1.807, 2.05) is 82.2 Å². The van der Waals surface area contributed by atoms with Crippen LogP contribution in [0.5, 0.6) is 0 Å². The Morgan fingerprint density at radius 1 is 1.09 bits per heavy atom. The molecule has 0 aliphatic carbocycles. The fourth-order valence-electron chi connectivity index (χ4n) is 3.81. The standard InChI is InChI=1S/C26H20N6O/c27-13-3-15-31-17-20(22-5-1-2-6-24(22)31)9-12-25(33)29-21-10-7-19(8-11-21)23-18-32-16-4-14-28-26(32)30-23/h1-2,4-12,14,16-18H,3,15H2,(H,29,33)/b12-9+. The van der Waals surface area contributed by atoms with Gasteiger partial charge in [-0.05, 0) is 30.3 Å². The Balaban J connectivity index is 1.30. The highest BCUT2D eigenvalue weighted by Gasteiger charge is 2.08. The summed E-state index contributed by atoms with van der Waals surface area (Å²) in [6, 6.07) is 19.6. The van der Waals surface area contributed by atoms with Crippen molar-refractivity contribution in [1.29, 1.82) is 5.26 Å². The molecule has 3 aromatic heterocycles. The number of aromatic nitrogens is 4. The minimum absolute atomic E-state index is 0.214. The largest absolute Gasteiger partial charge is 0.346 e. The van der Waals surface area contributed by atoms with E-state index in [4.69, 9.17) is 5.26 Å². The number of nitrogens with one attached hydrogen (secondary N) is 1. The topological polar surface area (TPSA) is 88.0 Å². The summed E-state index contributed by atoms with van der Waals surface area (Å²) < 4.78 is 3.91. The first-order valence-corrected chi connectivity index (χ1v) is 10.6. The Morgan fingerprint density at radius 3 is 2.76 bits per heavy atom. The minimum atomic E-state index is -0.214. The minimum Gasteiger partial charge on any atom is -0.346 e. The van der Waals surface area contributed by atoms with Crippen LogP contribution in [0.3, 0.4) is 0 Å². The molecule has 2 aromatic carbocycles. The second-order valence-corrected chi connectivity index (χ2v) is 7.56. The average molecular weight is 432 g/mol. The SMILES string of the molecule is N#CCCn1cc(/C=C/C(=O)Nc2ccc(-c3cn4cccnc4n3)cc2)c2ccccc21. The molecule has 0 aliphatic rings. The molecule has 0 saturated heterocycles. The van der Waals surface area contributed by atoms with Crippen LogP contribution in [0.4, 0.5) is 5.69 Å². The third-order valence-corrected chi connectivity index (χ3v) is 5.38. The first-order chi connectivity index (χ1) is 16.2. The molecule has 7 nitrogen and oxygen atoms in total. The predicted molar refractivity (Wildman–Crippen MR) is 128 cm³/mol. The van der Waals surface area contributed by atoms with Gasteiger partial charge >= 0.3 is 0 Å². The molecular formula is C26H20N6O. The molecule has 7 heteroatoms. The number of nitriles is 1. The van der Waals surface area contributed by atoms with Crippen LogP contribution in [-0.2, 0) is 11.3 Å². The Kier molecular flexibility index (Phi) is 5.40. The molecule has 0 saturated carbocycles. The molecular weight excluding hydrogens is 412 g/mol. The van der Waals surface area contributed by atoms with Crippen molar-refractivity contribution in [2.75, 3.05) is 5.32 Å². The van der Waals surface area contributed by atoms with E-state index in [1.165, 1.54) is 6.08 Å². The predicted octanol–water partition coefficient (Wildman–Crippen LogP) is 4.92. The van der Waals surface area contributed by atoms with Gasteiger partial charge in [0.2, 0.25) is 11.7 Å². The summed E-state index contributed by atoms with van der Waals surface area (Å²) in [5.74, 6) is 0.428. The summed E-state index contributed by atoms with van der Waals surface area (Å²) in [4.78, 5) is 21.3. The molecule has 0 aliphatic heterocycles. The molecule has 1 N–H and O–H groups in total. The van der Waals surface area contributed by atoms with Gasteiger partial charge in [0.05, 0.1) is 18.2 Å². The normalized spacial score (nSPS) is 11.2. The number of para-hydroxylation sites is 1. The molecule has 5 rings (SSSR count). The zero-order valence-corrected chi connectivity index (χ0v) is 17.7. The van der Waals surface area contributed by atoms with Gasteiger partial charge in [0.1, 0.15) is 0 Å². The average Bonchev–Trinajstić information content (AvgIpc) is 3.43. The maximum atomic E-state index is 12.5. The highest BCUT2D eigenvalue weighted by molar-refractivity contribution is 6.03. The van der Waals surface area contributed by atoms with E-state index in [1.54, 1.807) is 12.3 Å². The summed E-state index contributed by atoms with van der Waals surface area (Å²) in [6.07, 6.45) is 11.3. The Bertz CT molecular complexity index is 1490. The van der Waals surface area contributed by atoms with Crippen molar-refractivity contribution in [3.63, 3.8) is 0 Å². The number of amides is 1. The van der Waals surface area contributed by atoms with Crippen LogP contribution in [0.2, 0.25) is 0 Å². The van der Waals surface area contributed by atoms with E-state index >= 15 is 0 Å². The molecule has 1 amide bonds. The quantitative estimate of drug-likeness (QED) is 0.386. The summed E-state index contributed by atoms with van der Waals surface area (Å²) in [7, 11) is 0. The van der Waals surface area contributed by atoms with Gasteiger partial charge < -0.3 is 9.88 Å². The Labute approximate surface area is 190 Å². The Morgan fingerprint density at radius 2 is 1.94 bits per heavy atom. The number of aryl methyl sites for hydroxylation is 1. The number of fused-ring (bicyclic) bond motifs is 2. The van der Waals surface area contributed by atoms with Crippen LogP contribution in [0.25, 0.3) is 34.0 Å². The van der Waals surface area contributed by atoms with E-state index in [-0.39, 0.29) is 5.91 Å². The highest BCUT2D eigenvalue weighted by Crippen LogP contribution is 2.23. The number of hydrogen-bond donors (Lipinski definition) is 1. The molecule has 0 atom stereocenters. The summed E-state index contributed by atoms with van der Waals surface area (Å²) in [5, 5.41) is 12.8. The number of rotatable bonds is 6. The summed E-state index contributed by atoms with van der Waals surface area (Å²) in [5.41, 5.74) is 4.45. The number of anilines is 1. The molecule has 0 fully saturated rings. The van der Waals surface area contributed by atoms with Crippen molar-refractivity contribution in [2.45, 2.75) is 13.0 Å². The zero-order valence-electron chi connectivity index (χ0n) is 17.7. The van der Waals surface area contributed by atoms with Crippen molar-refractivity contribution in [1.82, 2.24) is 18.9 Å². The lowest BCUT2D eigenvalue weighted by atomic mass is 10.1. The molecule has 3 heterocycles. The van der Waals surface area contributed by atoms with E-state index in [2.05, 4.69) is 21.4 Å². The van der Waals surface area contributed by atoms with Crippen molar-refractivity contribution in [2.24, 2.45) is 0 Å². The van der Waals surface area contributed by atoms with Crippen LogP contribution in [0, 0.1) is 11.3 Å². The van der Waals surface area contributed by atoms with Crippen LogP contribution < -0.4 is 5.32 Å². The number of hydrogen-bond acceptors (Lipinski definition) is 4. The molecule has 0 unspecified atom stereocenters. The maximum absolute atomic E-state index is 12.5. The van der Waals surface area contributed by atoms with Gasteiger partial charge in [0, 0.05) is 65.1 Å². The van der Waals surface area contributed by atoms with E-state index < -0.39 is 0 Å². The maximum Gasteiger partial charge on any atom is 0.248 e. The number of carbonyl (C=O) groups is 1. The number of imidazole rings is 1. The van der Waals surface area contributed by atoms with Gasteiger partial charge in [-0.2, -0.15) is 5.26 Å². The van der Waals surface area contributed by atoms with Gasteiger partial charge in [-0.15, -0.1) is 0 Å². The monoisotopic (exact) mass is 432 g/mol. The first-order valence-electron chi connectivity index (χ1n) is 10.6. The van der Waals surface area contributed by atoms with Crippen LogP contribution in [0.15, 0.2) is 85.5 Å². The number of carbonyl (C=O) groups excluding carboxylic acids is 1. The van der Waals surface area contributed by atoms with Gasteiger partial charge in [-0.3, -0.25) is 9.20 Å². The van der Waals surface area contributed by atoms with Crippen molar-refractivity contribution < 1.29 is 4.79 Å². The molecule has 0 radical (unpaired) electrons. The van der Waals surface area contributed by atoms with E-state index in [0.717, 1.165) is 27.7 Å². The van der Waals surface area contributed by atoms with Crippen molar-refractivity contribution >= 4 is 34.4 Å². The lowest BCUT2D eigenvalue weighted by Crippen LogP contribution is -2.07. The fraction of sp³-hybridized carbons (Fsp3) is 0.0769. The highest BCUT2D eigenvalue weighted by atomic mass is 16.1. The van der Waals surface area contributed by atoms with Crippen LogP contribution in [0.1, 0.15) is 12.0 Å². The van der Waals surface area contributed by atoms with Crippen molar-refractivity contribution in [3.05, 3.63) is 91.0 Å². The molecule has 160 valence electrons. The zero-order chi connectivity index (χ0) is 22.6. The smallest absolute Gasteiger partial charge is 0.248 e. The number of nitrogens with zero attached hydrogens (tertiary/aromatic N) is 5. The second kappa shape index (κ2) is 8.81. The third kappa shape index (κ3) is 4.23. The van der Waals surface area contributed by atoms with E-state index in [9.17, 15) is 4.79 Å². The van der Waals surface area contributed by atoms with Gasteiger partial charge in [0.25, 0.3) is 0 Å². The lowest BCUT2D eigenvalue weighted by molar-refractivity contribution is -0.111. The van der Waals surface area contributed by atoms with Gasteiger partial charge in [-0.1, -0.05) is 30.3 Å². The summed E-state index contributed by atoms with van der Waals surface area (Å²) >= 11 is 0. The van der Waals surface area contributed by atoms with E-state index in [0.29, 0.717) is 24.4 Å². The van der Waals surface area contributed by atoms with Gasteiger partial charge in [-0.25, -0.2) is 9.97 Å². The van der Waals surface area contributed by atoms with Gasteiger partial charge in [0.15, 0.2) is 0 Å². The molecule has 0 spiro atoms. The molecule has 33 heavy (non-hydrogen) atoms. The Hall–Kier alpha value is -4.70. The molecule has 5 aromatic rings. The third-order valence-electron chi connectivity index (χ3n) is 5.38. The first kappa shape index (κ1) is 20.2. The molecule has 0 bridgehead atoms. The number of benzene rings is 2. The van der Waals surface area contributed by atoms with Crippen molar-refractivity contribution in [3.8, 4) is 17.3 Å². The summed E-state index contributed by atoms with van der Waals surface area (Å²) in [6.45, 7) is 0.617.